The maximum atomic E-state index is 14.0. The van der Waals surface area contributed by atoms with Crippen molar-refractivity contribution in [1.82, 2.24) is 19.9 Å². The smallest absolute Gasteiger partial charge is 0.384 e. The highest BCUT2D eigenvalue weighted by Gasteiger charge is 2.35. The number of carbonyl (C=O) groups is 1. The van der Waals surface area contributed by atoms with Gasteiger partial charge in [0, 0.05) is 35.2 Å². The minimum absolute atomic E-state index is 0.00285. The van der Waals surface area contributed by atoms with E-state index < -0.39 is 23.7 Å². The number of pyridine rings is 2. The first-order valence-corrected chi connectivity index (χ1v) is 9.41. The summed E-state index contributed by atoms with van der Waals surface area (Å²) in [5.74, 6) is -2.87. The second-order valence-electron chi connectivity index (χ2n) is 6.79. The predicted molar refractivity (Wildman–Crippen MR) is 112 cm³/mol. The number of aromatic nitrogens is 4. The first kappa shape index (κ1) is 21.8. The van der Waals surface area contributed by atoms with Crippen LogP contribution in [0.3, 0.4) is 0 Å². The fraction of sp³-hybridized carbons (Fsp3) is 0.0455. The van der Waals surface area contributed by atoms with Crippen molar-refractivity contribution >= 4 is 17.4 Å². The van der Waals surface area contributed by atoms with Gasteiger partial charge in [-0.1, -0.05) is 24.3 Å². The molecule has 0 spiro atoms. The second kappa shape index (κ2) is 8.61. The third-order valence-corrected chi connectivity index (χ3v) is 4.53. The Kier molecular flexibility index (Phi) is 5.69. The standard InChI is InChI=1S/C22H14F4N6O/c23-15-4-2-1-3-13(15)12-5-6-16(29-10-12)20(33)30-18-11-28-8-7-14(18)17-9-19(27)32-21(31-17)22(24,25)26/h1-11H,(H,30,33)(H2,27,31,32). The van der Waals surface area contributed by atoms with Gasteiger partial charge < -0.3 is 11.1 Å². The summed E-state index contributed by atoms with van der Waals surface area (Å²) in [5.41, 5.74) is 6.42. The summed E-state index contributed by atoms with van der Waals surface area (Å²) in [6.07, 6.45) is -0.868. The number of anilines is 2. The first-order chi connectivity index (χ1) is 15.7. The minimum atomic E-state index is -4.80. The molecule has 3 aromatic heterocycles. The molecular formula is C22H14F4N6O. The number of alkyl halides is 3. The SMILES string of the molecule is Nc1cc(-c2ccncc2NC(=O)c2ccc(-c3ccccc3F)cn2)nc(C(F)(F)F)n1. The lowest BCUT2D eigenvalue weighted by molar-refractivity contribution is -0.144. The van der Waals surface area contributed by atoms with E-state index in [0.717, 1.165) is 6.07 Å². The summed E-state index contributed by atoms with van der Waals surface area (Å²) in [5, 5.41) is 2.55. The fourth-order valence-electron chi connectivity index (χ4n) is 3.02. The number of rotatable bonds is 4. The number of nitrogens with one attached hydrogen (secondary N) is 1. The molecule has 4 rings (SSSR count). The number of carbonyl (C=O) groups excluding carboxylic acids is 1. The van der Waals surface area contributed by atoms with Gasteiger partial charge in [0.15, 0.2) is 0 Å². The minimum Gasteiger partial charge on any atom is -0.384 e. The molecule has 166 valence electrons. The van der Waals surface area contributed by atoms with Crippen molar-refractivity contribution in [1.29, 1.82) is 0 Å². The number of hydrogen-bond donors (Lipinski definition) is 2. The summed E-state index contributed by atoms with van der Waals surface area (Å²) in [7, 11) is 0. The van der Waals surface area contributed by atoms with Crippen LogP contribution in [0.5, 0.6) is 0 Å². The van der Waals surface area contributed by atoms with Crippen molar-refractivity contribution in [3.8, 4) is 22.4 Å². The summed E-state index contributed by atoms with van der Waals surface area (Å²) >= 11 is 0. The van der Waals surface area contributed by atoms with Crippen LogP contribution in [0, 0.1) is 5.82 Å². The van der Waals surface area contributed by atoms with Gasteiger partial charge in [-0.05, 0) is 18.2 Å². The summed E-state index contributed by atoms with van der Waals surface area (Å²) < 4.78 is 53.2. The van der Waals surface area contributed by atoms with Gasteiger partial charge in [-0.3, -0.25) is 14.8 Å². The Bertz CT molecular complexity index is 1330. The van der Waals surface area contributed by atoms with Crippen molar-refractivity contribution in [3.05, 3.63) is 84.5 Å². The van der Waals surface area contributed by atoms with Gasteiger partial charge in [-0.15, -0.1) is 0 Å². The molecule has 0 fully saturated rings. The van der Waals surface area contributed by atoms with E-state index in [0.29, 0.717) is 11.1 Å². The van der Waals surface area contributed by atoms with Gasteiger partial charge in [0.05, 0.1) is 17.6 Å². The predicted octanol–water partition coefficient (Wildman–Crippen LogP) is 4.59. The Morgan fingerprint density at radius 1 is 0.970 bits per heavy atom. The molecule has 4 aromatic rings. The van der Waals surface area contributed by atoms with Crippen molar-refractivity contribution in [2.24, 2.45) is 0 Å². The van der Waals surface area contributed by atoms with E-state index >= 15 is 0 Å². The van der Waals surface area contributed by atoms with Crippen molar-refractivity contribution in [3.63, 3.8) is 0 Å². The zero-order chi connectivity index (χ0) is 23.6. The van der Waals surface area contributed by atoms with Gasteiger partial charge >= 0.3 is 6.18 Å². The average Bonchev–Trinajstić information content (AvgIpc) is 2.79. The third kappa shape index (κ3) is 4.76. The number of hydrogen-bond acceptors (Lipinski definition) is 6. The Morgan fingerprint density at radius 3 is 2.45 bits per heavy atom. The van der Waals surface area contributed by atoms with Crippen LogP contribution in [-0.4, -0.2) is 25.8 Å². The van der Waals surface area contributed by atoms with Gasteiger partial charge in [0.25, 0.3) is 5.91 Å². The molecule has 0 aliphatic rings. The number of nitrogens with two attached hydrogens (primary N) is 1. The largest absolute Gasteiger partial charge is 0.451 e. The lowest BCUT2D eigenvalue weighted by Gasteiger charge is -2.12. The molecule has 0 saturated carbocycles. The van der Waals surface area contributed by atoms with E-state index in [4.69, 9.17) is 5.73 Å². The molecular weight excluding hydrogens is 440 g/mol. The van der Waals surface area contributed by atoms with Crippen LogP contribution in [0.4, 0.5) is 29.1 Å². The Balaban J connectivity index is 1.62. The molecule has 33 heavy (non-hydrogen) atoms. The summed E-state index contributed by atoms with van der Waals surface area (Å²) in [6.45, 7) is 0. The second-order valence-corrected chi connectivity index (χ2v) is 6.79. The molecule has 0 aliphatic heterocycles. The van der Waals surface area contributed by atoms with E-state index in [1.165, 1.54) is 42.9 Å². The molecule has 11 heteroatoms. The van der Waals surface area contributed by atoms with E-state index in [9.17, 15) is 22.4 Å². The molecule has 0 saturated heterocycles. The Morgan fingerprint density at radius 2 is 1.76 bits per heavy atom. The molecule has 0 aliphatic carbocycles. The fourth-order valence-corrected chi connectivity index (χ4v) is 3.02. The van der Waals surface area contributed by atoms with Gasteiger partial charge in [0.1, 0.15) is 17.3 Å². The molecule has 0 radical (unpaired) electrons. The lowest BCUT2D eigenvalue weighted by atomic mass is 10.1. The van der Waals surface area contributed by atoms with Crippen LogP contribution >= 0.6 is 0 Å². The Labute approximate surface area is 184 Å². The van der Waals surface area contributed by atoms with Crippen molar-refractivity contribution in [2.45, 2.75) is 6.18 Å². The van der Waals surface area contributed by atoms with E-state index in [1.54, 1.807) is 18.2 Å². The zero-order valence-corrected chi connectivity index (χ0v) is 16.6. The van der Waals surface area contributed by atoms with Crippen LogP contribution < -0.4 is 11.1 Å². The quantitative estimate of drug-likeness (QED) is 0.437. The highest BCUT2D eigenvalue weighted by atomic mass is 19.4. The highest BCUT2D eigenvalue weighted by molar-refractivity contribution is 6.05. The van der Waals surface area contributed by atoms with Crippen LogP contribution in [0.15, 0.2) is 67.1 Å². The van der Waals surface area contributed by atoms with E-state index in [-0.39, 0.29) is 28.5 Å². The molecule has 3 heterocycles. The molecule has 0 atom stereocenters. The van der Waals surface area contributed by atoms with Crippen molar-refractivity contribution < 1.29 is 22.4 Å². The molecule has 0 bridgehead atoms. The monoisotopic (exact) mass is 454 g/mol. The molecule has 0 unspecified atom stereocenters. The molecule has 1 amide bonds. The summed E-state index contributed by atoms with van der Waals surface area (Å²) in [4.78, 5) is 27.4. The van der Waals surface area contributed by atoms with E-state index in [2.05, 4.69) is 25.3 Å². The van der Waals surface area contributed by atoms with Crippen LogP contribution in [0.25, 0.3) is 22.4 Å². The van der Waals surface area contributed by atoms with Crippen LogP contribution in [-0.2, 0) is 6.18 Å². The van der Waals surface area contributed by atoms with Gasteiger partial charge in [-0.25, -0.2) is 14.4 Å². The number of halogens is 4. The summed E-state index contributed by atoms with van der Waals surface area (Å²) in [6, 6.07) is 11.6. The first-order valence-electron chi connectivity index (χ1n) is 9.41. The third-order valence-electron chi connectivity index (χ3n) is 4.53. The average molecular weight is 454 g/mol. The topological polar surface area (TPSA) is 107 Å². The van der Waals surface area contributed by atoms with E-state index in [1.807, 2.05) is 0 Å². The number of amides is 1. The molecule has 1 aromatic carbocycles. The normalized spacial score (nSPS) is 11.3. The van der Waals surface area contributed by atoms with Gasteiger partial charge in [0.2, 0.25) is 5.82 Å². The van der Waals surface area contributed by atoms with Crippen molar-refractivity contribution in [2.75, 3.05) is 11.1 Å². The van der Waals surface area contributed by atoms with Gasteiger partial charge in [-0.2, -0.15) is 13.2 Å². The van der Waals surface area contributed by atoms with Crippen LogP contribution in [0.2, 0.25) is 0 Å². The number of nitrogens with zero attached hydrogens (tertiary/aromatic N) is 4. The maximum absolute atomic E-state index is 14.0. The zero-order valence-electron chi connectivity index (χ0n) is 16.6. The maximum Gasteiger partial charge on any atom is 0.451 e. The number of benzene rings is 1. The molecule has 3 N–H and O–H groups in total. The van der Waals surface area contributed by atoms with Crippen LogP contribution in [0.1, 0.15) is 16.3 Å². The molecule has 7 nitrogen and oxygen atoms in total. The highest BCUT2D eigenvalue weighted by Crippen LogP contribution is 2.32. The number of nitrogen functional groups attached to an aromatic ring is 1. The Hall–Kier alpha value is -4.41. The lowest BCUT2D eigenvalue weighted by Crippen LogP contribution is -2.15.